The Morgan fingerprint density at radius 3 is 2.55 bits per heavy atom. The summed E-state index contributed by atoms with van der Waals surface area (Å²) in [6, 6.07) is 9.71. The summed E-state index contributed by atoms with van der Waals surface area (Å²) in [4.78, 5) is 25.5. The number of hydrogen-bond acceptors (Lipinski definition) is 5. The Labute approximate surface area is 182 Å². The molecular weight excluding hydrogens is 431 g/mol. The molecule has 5 nitrogen and oxygen atoms in total. The van der Waals surface area contributed by atoms with Crippen LogP contribution >= 0.6 is 11.8 Å². The second kappa shape index (κ2) is 10.1. The first kappa shape index (κ1) is 23.0. The Bertz CT molecular complexity index is 931. The smallest absolute Gasteiger partial charge is 0.416 e. The van der Waals surface area contributed by atoms with Crippen molar-refractivity contribution in [1.29, 1.82) is 0 Å². The van der Waals surface area contributed by atoms with Crippen molar-refractivity contribution in [2.75, 3.05) is 29.6 Å². The van der Waals surface area contributed by atoms with Gasteiger partial charge in [-0.05, 0) is 43.3 Å². The average Bonchev–Trinajstić information content (AvgIpc) is 3.08. The van der Waals surface area contributed by atoms with Crippen LogP contribution < -0.4 is 9.64 Å². The molecule has 31 heavy (non-hydrogen) atoms. The normalized spacial score (nSPS) is 13.3. The van der Waals surface area contributed by atoms with Crippen molar-refractivity contribution in [2.24, 2.45) is 0 Å². The summed E-state index contributed by atoms with van der Waals surface area (Å²) in [5, 5.41) is 0. The van der Waals surface area contributed by atoms with E-state index < -0.39 is 11.7 Å². The minimum absolute atomic E-state index is 0.223. The van der Waals surface area contributed by atoms with E-state index in [0.29, 0.717) is 53.7 Å². The van der Waals surface area contributed by atoms with Crippen LogP contribution in [-0.2, 0) is 22.3 Å². The molecule has 0 saturated heterocycles. The average molecular weight is 453 g/mol. The van der Waals surface area contributed by atoms with Crippen molar-refractivity contribution < 1.29 is 32.2 Å². The van der Waals surface area contributed by atoms with Crippen molar-refractivity contribution in [3.05, 3.63) is 59.2 Å². The fourth-order valence-electron chi connectivity index (χ4n) is 3.18. The molecule has 1 aliphatic heterocycles. The molecule has 0 spiro atoms. The second-order valence-corrected chi connectivity index (χ2v) is 7.96. The summed E-state index contributed by atoms with van der Waals surface area (Å²) >= 11 is 1.57. The maximum absolute atomic E-state index is 12.8. The van der Waals surface area contributed by atoms with Gasteiger partial charge in [0.1, 0.15) is 5.75 Å². The van der Waals surface area contributed by atoms with Crippen LogP contribution in [0.5, 0.6) is 5.75 Å². The van der Waals surface area contributed by atoms with E-state index in [1.165, 1.54) is 17.0 Å². The number of rotatable bonds is 9. The number of alkyl halides is 3. The predicted octanol–water partition coefficient (Wildman–Crippen LogP) is 4.93. The Morgan fingerprint density at radius 2 is 1.87 bits per heavy atom. The van der Waals surface area contributed by atoms with Gasteiger partial charge < -0.3 is 14.4 Å². The lowest BCUT2D eigenvalue weighted by atomic mass is 10.1. The third-order valence-corrected chi connectivity index (χ3v) is 5.62. The number of amides is 1. The Kier molecular flexibility index (Phi) is 7.48. The number of fused-ring (bicyclic) bond motifs is 1. The highest BCUT2D eigenvalue weighted by Crippen LogP contribution is 2.36. The summed E-state index contributed by atoms with van der Waals surface area (Å²) in [6.07, 6.45) is -4.08. The van der Waals surface area contributed by atoms with E-state index in [-0.39, 0.29) is 18.4 Å². The molecule has 0 fully saturated rings. The van der Waals surface area contributed by atoms with E-state index in [1.807, 2.05) is 0 Å². The minimum Gasteiger partial charge on any atom is -0.492 e. The monoisotopic (exact) mass is 453 g/mol. The van der Waals surface area contributed by atoms with Crippen LogP contribution in [0, 0.1) is 0 Å². The quantitative estimate of drug-likeness (QED) is 0.398. The van der Waals surface area contributed by atoms with Gasteiger partial charge in [-0.2, -0.15) is 24.9 Å². The molecular formula is C22H22F3NO4S. The number of halogens is 3. The molecule has 1 aliphatic rings. The molecule has 0 atom stereocenters. The van der Waals surface area contributed by atoms with Crippen molar-refractivity contribution in [3.63, 3.8) is 0 Å². The lowest BCUT2D eigenvalue weighted by molar-refractivity contribution is -0.142. The largest absolute Gasteiger partial charge is 0.492 e. The molecule has 0 aliphatic carbocycles. The summed E-state index contributed by atoms with van der Waals surface area (Å²) in [5.74, 6) is 1.38. The molecule has 0 unspecified atom stereocenters. The van der Waals surface area contributed by atoms with E-state index in [2.05, 4.69) is 0 Å². The van der Waals surface area contributed by atoms with Crippen LogP contribution in [0.25, 0.3) is 0 Å². The van der Waals surface area contributed by atoms with Gasteiger partial charge in [-0.25, -0.2) is 0 Å². The highest BCUT2D eigenvalue weighted by molar-refractivity contribution is 7.99. The van der Waals surface area contributed by atoms with Gasteiger partial charge in [-0.3, -0.25) is 9.59 Å². The first-order chi connectivity index (χ1) is 14.8. The van der Waals surface area contributed by atoms with Crippen LogP contribution in [-0.4, -0.2) is 36.6 Å². The lowest BCUT2D eigenvalue weighted by Crippen LogP contribution is -2.23. The zero-order chi connectivity index (χ0) is 22.4. The van der Waals surface area contributed by atoms with Gasteiger partial charge in [0.05, 0.1) is 31.7 Å². The summed E-state index contributed by atoms with van der Waals surface area (Å²) < 4.78 is 49.1. The number of nitrogens with zero attached hydrogens (tertiary/aromatic N) is 1. The highest BCUT2D eigenvalue weighted by atomic mass is 32.2. The Hall–Kier alpha value is -2.68. The number of thioether (sulfide) groups is 1. The van der Waals surface area contributed by atoms with Gasteiger partial charge in [0.2, 0.25) is 0 Å². The maximum Gasteiger partial charge on any atom is 0.416 e. The van der Waals surface area contributed by atoms with E-state index >= 15 is 0 Å². The van der Waals surface area contributed by atoms with E-state index in [4.69, 9.17) is 9.47 Å². The van der Waals surface area contributed by atoms with Gasteiger partial charge in [-0.1, -0.05) is 6.07 Å². The van der Waals surface area contributed by atoms with Crippen LogP contribution in [0.4, 0.5) is 18.9 Å². The lowest BCUT2D eigenvalue weighted by Gasteiger charge is -2.17. The molecule has 166 valence electrons. The minimum atomic E-state index is -4.42. The standard InChI is InChI=1S/C22H22F3NO4S/c1-2-29-20(27)10-12-31-13-11-30-19-5-3-4-17-18(19)14-26(21(17)28)16-8-6-15(7-9-16)22(23,24)25/h3-9H,2,10-14H2,1H3. The molecule has 1 amide bonds. The molecule has 0 N–H and O–H groups in total. The van der Waals surface area contributed by atoms with Gasteiger partial charge in [0, 0.05) is 28.3 Å². The third kappa shape index (κ3) is 5.72. The highest BCUT2D eigenvalue weighted by Gasteiger charge is 2.33. The van der Waals surface area contributed by atoms with Crippen molar-refractivity contribution in [2.45, 2.75) is 26.1 Å². The summed E-state index contributed by atoms with van der Waals surface area (Å²) in [6.45, 7) is 2.76. The molecule has 0 radical (unpaired) electrons. The SMILES string of the molecule is CCOC(=O)CCSCCOc1cccc2c1CN(c1ccc(C(F)(F)F)cc1)C2=O. The maximum atomic E-state index is 12.8. The predicted molar refractivity (Wildman–Crippen MR) is 112 cm³/mol. The second-order valence-electron chi connectivity index (χ2n) is 6.73. The number of esters is 1. The molecule has 9 heteroatoms. The topological polar surface area (TPSA) is 55.8 Å². The fourth-order valence-corrected chi connectivity index (χ4v) is 3.90. The van der Waals surface area contributed by atoms with E-state index in [0.717, 1.165) is 12.1 Å². The Balaban J connectivity index is 1.58. The van der Waals surface area contributed by atoms with E-state index in [1.54, 1.807) is 36.9 Å². The van der Waals surface area contributed by atoms with Gasteiger partial charge >= 0.3 is 12.1 Å². The first-order valence-corrected chi connectivity index (χ1v) is 10.9. The van der Waals surface area contributed by atoms with Gasteiger partial charge in [0.25, 0.3) is 5.91 Å². The van der Waals surface area contributed by atoms with Crippen LogP contribution in [0.15, 0.2) is 42.5 Å². The first-order valence-electron chi connectivity index (χ1n) is 9.78. The number of carbonyl (C=O) groups is 2. The number of ether oxygens (including phenoxy) is 2. The van der Waals surface area contributed by atoms with Crippen molar-refractivity contribution in [3.8, 4) is 5.75 Å². The van der Waals surface area contributed by atoms with Crippen LogP contribution in [0.1, 0.15) is 34.8 Å². The Morgan fingerprint density at radius 1 is 1.13 bits per heavy atom. The molecule has 1 heterocycles. The zero-order valence-electron chi connectivity index (χ0n) is 16.9. The number of anilines is 1. The van der Waals surface area contributed by atoms with Crippen molar-refractivity contribution in [1.82, 2.24) is 0 Å². The summed E-state index contributed by atoms with van der Waals surface area (Å²) in [5.41, 5.74) is 0.829. The molecule has 0 bridgehead atoms. The fraction of sp³-hybridized carbons (Fsp3) is 0.364. The van der Waals surface area contributed by atoms with E-state index in [9.17, 15) is 22.8 Å². The van der Waals surface area contributed by atoms with Crippen molar-refractivity contribution >= 4 is 29.3 Å². The van der Waals surface area contributed by atoms with Gasteiger partial charge in [0.15, 0.2) is 0 Å². The molecule has 2 aromatic rings. The molecule has 2 aromatic carbocycles. The number of carbonyl (C=O) groups excluding carboxylic acids is 2. The molecule has 0 saturated carbocycles. The number of benzene rings is 2. The van der Waals surface area contributed by atoms with Crippen LogP contribution in [0.3, 0.4) is 0 Å². The third-order valence-electron chi connectivity index (χ3n) is 4.67. The number of hydrogen-bond donors (Lipinski definition) is 0. The molecule has 0 aromatic heterocycles. The molecule has 3 rings (SSSR count). The van der Waals surface area contributed by atoms with Crippen LogP contribution in [0.2, 0.25) is 0 Å². The zero-order valence-corrected chi connectivity index (χ0v) is 17.7. The summed E-state index contributed by atoms with van der Waals surface area (Å²) in [7, 11) is 0. The van der Waals surface area contributed by atoms with Gasteiger partial charge in [-0.15, -0.1) is 0 Å².